The molecule has 12 rings (SSSR count). The molecule has 0 unspecified atom stereocenters. The van der Waals surface area contributed by atoms with Crippen molar-refractivity contribution in [2.45, 2.75) is 28.7 Å². The number of benzene rings is 12. The van der Waals surface area contributed by atoms with Gasteiger partial charge in [0.15, 0.2) is 0 Å². The second-order valence-electron chi connectivity index (χ2n) is 20.9. The average molecular weight is 1040 g/mol. The van der Waals surface area contributed by atoms with E-state index in [0.29, 0.717) is 0 Å². The van der Waals surface area contributed by atoms with Gasteiger partial charge in [0.25, 0.3) is 0 Å². The molecule has 0 N–H and O–H groups in total. The molecule has 0 bridgehead atoms. The predicted molar refractivity (Wildman–Crippen MR) is 319 cm³/mol. The molecule has 73 heavy (non-hydrogen) atoms. The molecule has 0 aliphatic carbocycles. The minimum absolute atomic E-state index is 1.10. The Kier molecular flexibility index (Phi) is 12.1. The predicted octanol–water partition coefficient (Wildman–Crippen LogP) is 19.8. The van der Waals surface area contributed by atoms with E-state index >= 15 is 0 Å². The fourth-order valence-electron chi connectivity index (χ4n) is 10.5. The summed E-state index contributed by atoms with van der Waals surface area (Å²) in [6, 6.07) is 95.0. The van der Waals surface area contributed by atoms with E-state index in [1.807, 2.05) is 0 Å². The van der Waals surface area contributed by atoms with Gasteiger partial charge >= 0.3 is 155 Å². The third-order valence-electron chi connectivity index (χ3n) is 14.7. The van der Waals surface area contributed by atoms with E-state index in [9.17, 15) is 0 Å². The normalized spacial score (nSPS) is 11.6. The quantitative estimate of drug-likeness (QED) is 0.123. The van der Waals surface area contributed by atoms with Crippen molar-refractivity contribution in [3.8, 4) is 66.8 Å². The van der Waals surface area contributed by atoms with Crippen molar-refractivity contribution in [3.05, 3.63) is 266 Å². The van der Waals surface area contributed by atoms with Gasteiger partial charge in [0, 0.05) is 17.1 Å². The van der Waals surface area contributed by atoms with E-state index < -0.39 is 18.4 Å². The number of rotatable bonds is 10. The number of hydrogen-bond acceptors (Lipinski definition) is 1. The Morgan fingerprint density at radius 3 is 0.753 bits per heavy atom. The summed E-state index contributed by atoms with van der Waals surface area (Å²) in [5.74, 6) is 0. The minimum Gasteiger partial charge on any atom is -0.0614 e. The van der Waals surface area contributed by atoms with Crippen molar-refractivity contribution in [1.29, 1.82) is 0 Å². The van der Waals surface area contributed by atoms with E-state index in [0.717, 1.165) is 17.1 Å². The smallest absolute Gasteiger partial charge is 0.0614 e. The van der Waals surface area contributed by atoms with Gasteiger partial charge in [0.05, 0.1) is 0 Å². The van der Waals surface area contributed by atoms with Crippen LogP contribution in [-0.2, 0) is 0 Å². The summed E-state index contributed by atoms with van der Waals surface area (Å²) in [6.45, 7) is 4.31. The first-order valence-corrected chi connectivity index (χ1v) is 35.5. The molecular weight excluding hydrogens is 985 g/mol. The average Bonchev–Trinajstić information content (AvgIpc) is 3.42. The van der Waals surface area contributed by atoms with Crippen molar-refractivity contribution in [3.63, 3.8) is 0 Å². The minimum atomic E-state index is -2.13. The first-order valence-electron chi connectivity index (χ1n) is 25.5. The third kappa shape index (κ3) is 9.62. The fraction of sp³-hybridized carbons (Fsp3) is 0.0704. The molecule has 0 aliphatic rings. The zero-order chi connectivity index (χ0) is 49.6. The molecule has 0 amide bonds. The van der Waals surface area contributed by atoms with E-state index in [-0.39, 0.29) is 0 Å². The van der Waals surface area contributed by atoms with Gasteiger partial charge in [-0.1, -0.05) is 132 Å². The number of hydrogen-bond donors (Lipinski definition) is 0. The monoisotopic (exact) mass is 1040 g/mol. The molecule has 0 radical (unpaired) electrons. The molecule has 2 heteroatoms. The van der Waals surface area contributed by atoms with Gasteiger partial charge in [-0.05, 0) is 128 Å². The van der Waals surface area contributed by atoms with E-state index in [1.54, 1.807) is 3.58 Å². The van der Waals surface area contributed by atoms with Gasteiger partial charge < -0.3 is 4.90 Å². The Morgan fingerprint density at radius 1 is 0.233 bits per heavy atom. The summed E-state index contributed by atoms with van der Waals surface area (Å²) in [5.41, 5.74) is 20.5. The van der Waals surface area contributed by atoms with Gasteiger partial charge in [-0.25, -0.2) is 0 Å². The molecule has 1 nitrogen and oxygen atoms in total. The van der Waals surface area contributed by atoms with Gasteiger partial charge in [-0.15, -0.1) is 0 Å². The molecule has 12 aromatic rings. The fourth-order valence-corrected chi connectivity index (χ4v) is 13.8. The molecule has 0 spiro atoms. The van der Waals surface area contributed by atoms with E-state index in [2.05, 4.69) is 288 Å². The molecule has 0 heterocycles. The van der Waals surface area contributed by atoms with Gasteiger partial charge in [-0.3, -0.25) is 0 Å². The summed E-state index contributed by atoms with van der Waals surface area (Å²) in [6.07, 6.45) is 0. The molecule has 0 aliphatic heterocycles. The van der Waals surface area contributed by atoms with Crippen LogP contribution in [0, 0.1) is 13.8 Å². The Balaban J connectivity index is 0.877. The van der Waals surface area contributed by atoms with Crippen LogP contribution in [0.3, 0.4) is 0 Å². The summed E-state index contributed by atoms with van der Waals surface area (Å²) >= 11 is -2.13. The number of nitrogens with zero attached hydrogens (tertiary/aromatic N) is 1. The summed E-state index contributed by atoms with van der Waals surface area (Å²) in [7, 11) is 0. The van der Waals surface area contributed by atoms with Crippen LogP contribution in [0.25, 0.3) is 99.1 Å². The maximum atomic E-state index is 2.48. The second-order valence-corrected chi connectivity index (χ2v) is 35.4. The summed E-state index contributed by atoms with van der Waals surface area (Å²) in [4.78, 5) is 9.80. The van der Waals surface area contributed by atoms with Gasteiger partial charge in [-0.2, -0.15) is 0 Å². The standard InChI is InChI=1S/C68H48N.3CH3.Sn/c1-46-8-6-12-55(38-46)61-24-18-53-16-22-59(42-64(53)44-61)50-28-34-67(35-29-50)69(66-32-26-49(27-33-66)58-21-15-52-14-20-57(40-63(52)41-58)48-10-4-3-5-11-48)68-36-30-51(31-37-68)60-23-17-54-19-25-62(45-65(54)43-60)56-13-7-9-47(2)39-56;;;;/h4-45H,1-2H3;3*1H3;. The molecular formula is C71H57NSn. The SMILES string of the molecule is Cc1cccc(-c2ccc3ccc(-c4ccc(N(c5ccc(-c6ccc7ccc(-c8cc[c]([Sn]([CH3])([CH3])[CH3])cc8)cc7c6)cc5)c5ccc(-c6ccc7ccc(-c8cccc(C)c8)cc7c6)cc5)cc4)cc3c2)c1. The molecule has 0 fully saturated rings. The number of anilines is 3. The first-order chi connectivity index (χ1) is 35.5. The molecule has 350 valence electrons. The van der Waals surface area contributed by atoms with Gasteiger partial charge in [0.1, 0.15) is 0 Å². The van der Waals surface area contributed by atoms with Crippen LogP contribution in [0.4, 0.5) is 17.1 Å². The molecule has 0 atom stereocenters. The van der Waals surface area contributed by atoms with Gasteiger partial charge in [0.2, 0.25) is 0 Å². The summed E-state index contributed by atoms with van der Waals surface area (Å²) in [5, 5.41) is 7.44. The van der Waals surface area contributed by atoms with Crippen LogP contribution in [-0.4, -0.2) is 18.4 Å². The van der Waals surface area contributed by atoms with Crippen LogP contribution in [0.5, 0.6) is 0 Å². The zero-order valence-corrected chi connectivity index (χ0v) is 45.1. The van der Waals surface area contributed by atoms with Crippen molar-refractivity contribution < 1.29 is 0 Å². The Hall–Kier alpha value is -7.98. The van der Waals surface area contributed by atoms with Crippen LogP contribution >= 0.6 is 0 Å². The van der Waals surface area contributed by atoms with Crippen molar-refractivity contribution in [1.82, 2.24) is 0 Å². The van der Waals surface area contributed by atoms with E-state index in [1.165, 1.54) is 110 Å². The van der Waals surface area contributed by atoms with Crippen LogP contribution in [0.2, 0.25) is 14.8 Å². The molecule has 0 saturated carbocycles. The Morgan fingerprint density at radius 2 is 0.479 bits per heavy atom. The van der Waals surface area contributed by atoms with Crippen LogP contribution in [0.1, 0.15) is 11.1 Å². The molecule has 0 aromatic heterocycles. The number of fused-ring (bicyclic) bond motifs is 3. The van der Waals surface area contributed by atoms with Crippen molar-refractivity contribution in [2.24, 2.45) is 0 Å². The van der Waals surface area contributed by atoms with Crippen molar-refractivity contribution >= 4 is 71.3 Å². The van der Waals surface area contributed by atoms with Crippen LogP contribution in [0.15, 0.2) is 255 Å². The first kappa shape index (κ1) is 46.1. The number of aryl methyl sites for hydroxylation is 2. The van der Waals surface area contributed by atoms with Crippen LogP contribution < -0.4 is 8.48 Å². The maximum absolute atomic E-state index is 2.48. The Labute approximate surface area is 434 Å². The molecule has 0 saturated heterocycles. The second kappa shape index (κ2) is 19.2. The molecule has 12 aromatic carbocycles. The zero-order valence-electron chi connectivity index (χ0n) is 42.2. The van der Waals surface area contributed by atoms with E-state index in [4.69, 9.17) is 0 Å². The third-order valence-corrected chi connectivity index (χ3v) is 20.6. The van der Waals surface area contributed by atoms with Crippen molar-refractivity contribution in [2.75, 3.05) is 4.90 Å². The summed E-state index contributed by atoms with van der Waals surface area (Å²) < 4.78 is 1.56. The Bertz CT molecular complexity index is 3820. The topological polar surface area (TPSA) is 3.24 Å².